The lowest BCUT2D eigenvalue weighted by Gasteiger charge is -2.12. The maximum atomic E-state index is 10.6. The summed E-state index contributed by atoms with van der Waals surface area (Å²) < 4.78 is 11.0. The normalized spacial score (nSPS) is 10.6. The van der Waals surface area contributed by atoms with Gasteiger partial charge in [0.25, 0.3) is 0 Å². The first-order valence-electron chi connectivity index (χ1n) is 6.83. The van der Waals surface area contributed by atoms with Crippen molar-refractivity contribution in [2.75, 3.05) is 7.11 Å². The minimum absolute atomic E-state index is 0.267. The number of urea groups is 1. The Morgan fingerprint density at radius 1 is 1.25 bits per heavy atom. The average molecular weight is 368 g/mol. The number of carbonyl (C=O) groups excluding carboxylic acids is 1. The van der Waals surface area contributed by atoms with E-state index in [0.29, 0.717) is 27.1 Å². The predicted molar refractivity (Wildman–Crippen MR) is 94.1 cm³/mol. The zero-order valence-corrected chi connectivity index (χ0v) is 14.3. The molecule has 0 aliphatic heterocycles. The van der Waals surface area contributed by atoms with Gasteiger partial charge >= 0.3 is 6.03 Å². The number of methoxy groups -OCH3 is 1. The molecule has 0 unspecified atom stereocenters. The molecule has 0 atom stereocenters. The van der Waals surface area contributed by atoms with Crippen LogP contribution in [0.4, 0.5) is 4.79 Å². The van der Waals surface area contributed by atoms with Gasteiger partial charge in [-0.25, -0.2) is 10.2 Å². The Balaban J connectivity index is 2.09. The van der Waals surface area contributed by atoms with Crippen molar-refractivity contribution in [2.45, 2.75) is 6.61 Å². The number of primary amides is 1. The first kappa shape index (κ1) is 17.9. The third-order valence-electron chi connectivity index (χ3n) is 2.97. The fourth-order valence-electron chi connectivity index (χ4n) is 1.85. The molecule has 0 fully saturated rings. The van der Waals surface area contributed by atoms with Gasteiger partial charge in [-0.1, -0.05) is 29.3 Å². The van der Waals surface area contributed by atoms with Gasteiger partial charge in [-0.15, -0.1) is 0 Å². The number of halogens is 2. The Morgan fingerprint density at radius 3 is 2.71 bits per heavy atom. The number of carbonyl (C=O) groups is 1. The molecule has 0 radical (unpaired) electrons. The summed E-state index contributed by atoms with van der Waals surface area (Å²) in [5, 5.41) is 4.78. The van der Waals surface area contributed by atoms with Gasteiger partial charge < -0.3 is 15.2 Å². The Bertz CT molecular complexity index is 766. The summed E-state index contributed by atoms with van der Waals surface area (Å²) in [5.41, 5.74) is 8.55. The molecule has 0 bridgehead atoms. The molecule has 24 heavy (non-hydrogen) atoms. The zero-order chi connectivity index (χ0) is 17.5. The van der Waals surface area contributed by atoms with Gasteiger partial charge in [-0.2, -0.15) is 5.10 Å². The number of benzene rings is 2. The molecule has 2 amide bonds. The van der Waals surface area contributed by atoms with Crippen LogP contribution in [0.5, 0.6) is 11.5 Å². The van der Waals surface area contributed by atoms with Crippen LogP contribution in [-0.4, -0.2) is 19.4 Å². The van der Waals surface area contributed by atoms with Crippen molar-refractivity contribution < 1.29 is 14.3 Å². The van der Waals surface area contributed by atoms with E-state index in [1.165, 1.54) is 13.3 Å². The van der Waals surface area contributed by atoms with E-state index in [1.807, 2.05) is 0 Å². The molecule has 3 N–H and O–H groups in total. The smallest absolute Gasteiger partial charge is 0.332 e. The summed E-state index contributed by atoms with van der Waals surface area (Å²) in [6, 6.07) is 9.66. The zero-order valence-electron chi connectivity index (χ0n) is 12.8. The van der Waals surface area contributed by atoms with Crippen molar-refractivity contribution in [3.05, 3.63) is 57.6 Å². The second-order valence-electron chi connectivity index (χ2n) is 4.67. The van der Waals surface area contributed by atoms with Gasteiger partial charge in [-0.3, -0.25) is 0 Å². The van der Waals surface area contributed by atoms with E-state index in [9.17, 15) is 4.79 Å². The molecule has 0 aliphatic carbocycles. The summed E-state index contributed by atoms with van der Waals surface area (Å²) in [6.07, 6.45) is 1.44. The van der Waals surface area contributed by atoms with Gasteiger partial charge in [0.15, 0.2) is 11.5 Å². The molecule has 126 valence electrons. The molecule has 0 saturated carbocycles. The summed E-state index contributed by atoms with van der Waals surface area (Å²) in [4.78, 5) is 10.6. The van der Waals surface area contributed by atoms with Gasteiger partial charge in [0, 0.05) is 15.6 Å². The number of hydrogen-bond acceptors (Lipinski definition) is 4. The fourth-order valence-corrected chi connectivity index (χ4v) is 2.31. The van der Waals surface area contributed by atoms with E-state index in [-0.39, 0.29) is 6.61 Å². The van der Waals surface area contributed by atoms with E-state index in [4.69, 9.17) is 38.4 Å². The number of nitrogens with zero attached hydrogens (tertiary/aromatic N) is 1. The number of ether oxygens (including phenoxy) is 2. The van der Waals surface area contributed by atoms with Crippen LogP contribution >= 0.6 is 23.2 Å². The molecule has 0 aromatic heterocycles. The Kier molecular flexibility index (Phi) is 6.28. The lowest BCUT2D eigenvalue weighted by Crippen LogP contribution is -2.24. The third-order valence-corrected chi connectivity index (χ3v) is 3.56. The second kappa shape index (κ2) is 8.42. The van der Waals surface area contributed by atoms with E-state index in [0.717, 1.165) is 5.56 Å². The van der Waals surface area contributed by atoms with Crippen molar-refractivity contribution in [1.29, 1.82) is 0 Å². The van der Waals surface area contributed by atoms with Gasteiger partial charge in [0.1, 0.15) is 6.61 Å². The largest absolute Gasteiger partial charge is 0.493 e. The molecule has 0 heterocycles. The molecule has 8 heteroatoms. The van der Waals surface area contributed by atoms with Crippen LogP contribution in [0.15, 0.2) is 41.5 Å². The number of hydrogen-bond donors (Lipinski definition) is 2. The van der Waals surface area contributed by atoms with Crippen LogP contribution in [0.1, 0.15) is 11.1 Å². The molecule has 2 rings (SSSR count). The summed E-state index contributed by atoms with van der Waals surface area (Å²) >= 11 is 12.0. The third kappa shape index (κ3) is 5.04. The topological polar surface area (TPSA) is 85.9 Å². The molecular formula is C16H15Cl2N3O3. The van der Waals surface area contributed by atoms with Crippen LogP contribution in [-0.2, 0) is 6.61 Å². The first-order chi connectivity index (χ1) is 11.5. The van der Waals surface area contributed by atoms with Crippen molar-refractivity contribution in [1.82, 2.24) is 5.43 Å². The number of nitrogens with two attached hydrogens (primary N) is 1. The minimum Gasteiger partial charge on any atom is -0.493 e. The van der Waals surface area contributed by atoms with Crippen LogP contribution in [0.2, 0.25) is 10.0 Å². The van der Waals surface area contributed by atoms with Gasteiger partial charge in [0.2, 0.25) is 0 Å². The Hall–Kier alpha value is -2.44. The van der Waals surface area contributed by atoms with Crippen LogP contribution < -0.4 is 20.6 Å². The molecule has 2 aromatic carbocycles. The number of rotatable bonds is 6. The van der Waals surface area contributed by atoms with Crippen LogP contribution in [0.3, 0.4) is 0 Å². The maximum Gasteiger partial charge on any atom is 0.332 e. The fraction of sp³-hybridized carbons (Fsp3) is 0.125. The molecule has 6 nitrogen and oxygen atoms in total. The highest BCUT2D eigenvalue weighted by Crippen LogP contribution is 2.29. The lowest BCUT2D eigenvalue weighted by molar-refractivity contribution is 0.249. The van der Waals surface area contributed by atoms with E-state index in [2.05, 4.69) is 10.5 Å². The number of nitrogens with one attached hydrogen (secondary N) is 1. The molecule has 0 saturated heterocycles. The van der Waals surface area contributed by atoms with Gasteiger partial charge in [-0.05, 0) is 35.9 Å². The molecule has 0 aliphatic rings. The highest BCUT2D eigenvalue weighted by atomic mass is 35.5. The first-order valence-corrected chi connectivity index (χ1v) is 7.58. The second-order valence-corrected chi connectivity index (χ2v) is 5.51. The minimum atomic E-state index is -0.738. The predicted octanol–water partition coefficient (Wildman–Crippen LogP) is 3.58. The Labute approximate surface area is 149 Å². The molecule has 0 spiro atoms. The molecule has 2 aromatic rings. The summed E-state index contributed by atoms with van der Waals surface area (Å²) in [7, 11) is 1.53. The van der Waals surface area contributed by atoms with Crippen molar-refractivity contribution >= 4 is 35.4 Å². The van der Waals surface area contributed by atoms with E-state index < -0.39 is 6.03 Å². The molecular weight excluding hydrogens is 353 g/mol. The van der Waals surface area contributed by atoms with Crippen molar-refractivity contribution in [2.24, 2.45) is 10.8 Å². The Morgan fingerprint density at radius 2 is 2.04 bits per heavy atom. The standard InChI is InChI=1S/C16H15Cl2N3O3/c1-23-15-6-10(8-20-21-16(19)22)2-5-14(15)24-9-11-3-4-12(17)7-13(11)18/h2-8H,9H2,1H3,(H3,19,21,22)/b20-8-. The van der Waals surface area contributed by atoms with Gasteiger partial charge in [0.05, 0.1) is 13.3 Å². The van der Waals surface area contributed by atoms with Crippen LogP contribution in [0, 0.1) is 0 Å². The SMILES string of the molecule is COc1cc(/C=N\NC(N)=O)ccc1OCc1ccc(Cl)cc1Cl. The summed E-state index contributed by atoms with van der Waals surface area (Å²) in [6.45, 7) is 0.267. The van der Waals surface area contributed by atoms with E-state index in [1.54, 1.807) is 36.4 Å². The average Bonchev–Trinajstić information content (AvgIpc) is 2.54. The quantitative estimate of drug-likeness (QED) is 0.604. The van der Waals surface area contributed by atoms with E-state index >= 15 is 0 Å². The van der Waals surface area contributed by atoms with Crippen LogP contribution in [0.25, 0.3) is 0 Å². The number of amides is 2. The number of hydrazone groups is 1. The highest BCUT2D eigenvalue weighted by molar-refractivity contribution is 6.35. The van der Waals surface area contributed by atoms with Crippen molar-refractivity contribution in [3.8, 4) is 11.5 Å². The lowest BCUT2D eigenvalue weighted by atomic mass is 10.2. The summed E-state index contributed by atoms with van der Waals surface area (Å²) in [5.74, 6) is 1.06. The van der Waals surface area contributed by atoms with Crippen molar-refractivity contribution in [3.63, 3.8) is 0 Å². The monoisotopic (exact) mass is 367 g/mol. The maximum absolute atomic E-state index is 10.6. The highest BCUT2D eigenvalue weighted by Gasteiger charge is 2.08.